The number of nitrogens with one attached hydrogen (secondary N) is 1. The quantitative estimate of drug-likeness (QED) is 0.446. The zero-order valence-corrected chi connectivity index (χ0v) is 5.60. The fourth-order valence-electron chi connectivity index (χ4n) is 0.283. The van der Waals surface area contributed by atoms with Crippen molar-refractivity contribution >= 4 is 0 Å². The minimum absolute atomic E-state index is 0. The van der Waals surface area contributed by atoms with Gasteiger partial charge in [-0.2, -0.15) is 0 Å². The summed E-state index contributed by atoms with van der Waals surface area (Å²) in [6.07, 6.45) is 0. The van der Waals surface area contributed by atoms with Gasteiger partial charge in [0, 0.05) is 29.9 Å². The van der Waals surface area contributed by atoms with E-state index in [9.17, 15) is 0 Å². The van der Waals surface area contributed by atoms with E-state index in [2.05, 4.69) is 5.32 Å². The van der Waals surface area contributed by atoms with Gasteiger partial charge in [0.1, 0.15) is 0 Å². The molecule has 0 saturated carbocycles. The SMILES string of the molecule is OCCNCCO.[Co]. The molecule has 1 radical (unpaired) electrons. The van der Waals surface area contributed by atoms with Crippen LogP contribution in [0.3, 0.4) is 0 Å². The van der Waals surface area contributed by atoms with Gasteiger partial charge in [-0.15, -0.1) is 0 Å². The van der Waals surface area contributed by atoms with Gasteiger partial charge in [0.05, 0.1) is 13.2 Å². The minimum Gasteiger partial charge on any atom is -0.395 e. The molecule has 0 rings (SSSR count). The van der Waals surface area contributed by atoms with Crippen LogP contribution in [0.1, 0.15) is 0 Å². The number of aliphatic hydroxyl groups is 2. The second-order valence-corrected chi connectivity index (χ2v) is 1.20. The Morgan fingerprint density at radius 2 is 1.38 bits per heavy atom. The third-order valence-electron chi connectivity index (χ3n) is 0.577. The van der Waals surface area contributed by atoms with Crippen LogP contribution in [0.4, 0.5) is 0 Å². The van der Waals surface area contributed by atoms with Crippen molar-refractivity contribution in [3.05, 3.63) is 0 Å². The molecule has 4 heteroatoms. The van der Waals surface area contributed by atoms with Gasteiger partial charge in [-0.3, -0.25) is 0 Å². The van der Waals surface area contributed by atoms with Crippen molar-refractivity contribution in [2.45, 2.75) is 0 Å². The van der Waals surface area contributed by atoms with Crippen LogP contribution in [0.25, 0.3) is 0 Å². The zero-order chi connectivity index (χ0) is 5.54. The molecule has 0 bridgehead atoms. The van der Waals surface area contributed by atoms with Crippen LogP contribution >= 0.6 is 0 Å². The van der Waals surface area contributed by atoms with E-state index in [1.54, 1.807) is 0 Å². The first-order chi connectivity index (χ1) is 3.41. The Labute approximate surface area is 59.3 Å². The summed E-state index contributed by atoms with van der Waals surface area (Å²) < 4.78 is 0. The number of rotatable bonds is 4. The Hall–Kier alpha value is 0.386. The van der Waals surface area contributed by atoms with Gasteiger partial charge in [-0.1, -0.05) is 0 Å². The topological polar surface area (TPSA) is 52.5 Å². The second kappa shape index (κ2) is 10.4. The largest absolute Gasteiger partial charge is 0.395 e. The van der Waals surface area contributed by atoms with Gasteiger partial charge < -0.3 is 15.5 Å². The smallest absolute Gasteiger partial charge is 0.0555 e. The molecule has 0 aromatic carbocycles. The zero-order valence-electron chi connectivity index (χ0n) is 4.56. The molecule has 0 amide bonds. The summed E-state index contributed by atoms with van der Waals surface area (Å²) in [7, 11) is 0. The fourth-order valence-corrected chi connectivity index (χ4v) is 0.283. The van der Waals surface area contributed by atoms with E-state index in [0.29, 0.717) is 13.1 Å². The summed E-state index contributed by atoms with van der Waals surface area (Å²) in [5.74, 6) is 0. The van der Waals surface area contributed by atoms with Gasteiger partial charge in [0.2, 0.25) is 0 Å². The van der Waals surface area contributed by atoms with E-state index in [0.717, 1.165) is 0 Å². The van der Waals surface area contributed by atoms with E-state index < -0.39 is 0 Å². The molecule has 0 aromatic heterocycles. The van der Waals surface area contributed by atoms with Gasteiger partial charge in [-0.05, 0) is 0 Å². The molecule has 0 atom stereocenters. The fraction of sp³-hybridized carbons (Fsp3) is 1.00. The summed E-state index contributed by atoms with van der Waals surface area (Å²) in [5.41, 5.74) is 0. The third-order valence-corrected chi connectivity index (χ3v) is 0.577. The van der Waals surface area contributed by atoms with Crippen LogP contribution in [0, 0.1) is 0 Å². The molecule has 3 N–H and O–H groups in total. The predicted molar refractivity (Wildman–Crippen MR) is 27.0 cm³/mol. The molecule has 0 spiro atoms. The Balaban J connectivity index is 0. The summed E-state index contributed by atoms with van der Waals surface area (Å²) in [4.78, 5) is 0. The maximum atomic E-state index is 8.15. The van der Waals surface area contributed by atoms with Gasteiger partial charge in [-0.25, -0.2) is 0 Å². The molecule has 0 aliphatic carbocycles. The molecule has 0 unspecified atom stereocenters. The maximum Gasteiger partial charge on any atom is 0.0555 e. The van der Waals surface area contributed by atoms with Crippen molar-refractivity contribution in [2.24, 2.45) is 0 Å². The van der Waals surface area contributed by atoms with Crippen LogP contribution in [0.15, 0.2) is 0 Å². The summed E-state index contributed by atoms with van der Waals surface area (Å²) in [5, 5.41) is 19.1. The summed E-state index contributed by atoms with van der Waals surface area (Å²) >= 11 is 0. The Morgan fingerprint density at radius 1 is 1.00 bits per heavy atom. The van der Waals surface area contributed by atoms with Crippen molar-refractivity contribution in [1.82, 2.24) is 5.32 Å². The average Bonchev–Trinajstić information content (AvgIpc) is 1.69. The predicted octanol–water partition coefficient (Wildman–Crippen LogP) is -1.44. The monoisotopic (exact) mass is 164 g/mol. The molecule has 0 aliphatic heterocycles. The average molecular weight is 164 g/mol. The molecule has 0 fully saturated rings. The van der Waals surface area contributed by atoms with Gasteiger partial charge >= 0.3 is 0 Å². The van der Waals surface area contributed by atoms with Crippen LogP contribution in [0.5, 0.6) is 0 Å². The van der Waals surface area contributed by atoms with Crippen LogP contribution in [-0.2, 0) is 16.8 Å². The Morgan fingerprint density at radius 3 is 1.62 bits per heavy atom. The third kappa shape index (κ3) is 9.63. The Bertz CT molecular complexity index is 33.2. The first-order valence-corrected chi connectivity index (χ1v) is 2.34. The van der Waals surface area contributed by atoms with E-state index in [4.69, 9.17) is 10.2 Å². The Kier molecular flexibility index (Phi) is 14.6. The molecule has 0 heterocycles. The molecule has 3 nitrogen and oxygen atoms in total. The van der Waals surface area contributed by atoms with Gasteiger partial charge in [0.25, 0.3) is 0 Å². The van der Waals surface area contributed by atoms with Crippen molar-refractivity contribution in [3.63, 3.8) is 0 Å². The number of hydrogen-bond acceptors (Lipinski definition) is 3. The number of aliphatic hydroxyl groups excluding tert-OH is 2. The van der Waals surface area contributed by atoms with Crippen molar-refractivity contribution in [3.8, 4) is 0 Å². The van der Waals surface area contributed by atoms with Crippen LogP contribution < -0.4 is 5.32 Å². The van der Waals surface area contributed by atoms with Crippen molar-refractivity contribution < 1.29 is 27.0 Å². The normalized spacial score (nSPS) is 8.25. The molecule has 0 aliphatic rings. The van der Waals surface area contributed by atoms with Crippen molar-refractivity contribution in [1.29, 1.82) is 0 Å². The van der Waals surface area contributed by atoms with Crippen LogP contribution in [-0.4, -0.2) is 36.5 Å². The molecular weight excluding hydrogens is 153 g/mol. The molecule has 53 valence electrons. The molecule has 0 saturated heterocycles. The first-order valence-electron chi connectivity index (χ1n) is 2.34. The van der Waals surface area contributed by atoms with E-state index >= 15 is 0 Å². The minimum atomic E-state index is 0. The van der Waals surface area contributed by atoms with E-state index in [1.165, 1.54) is 0 Å². The van der Waals surface area contributed by atoms with Crippen molar-refractivity contribution in [2.75, 3.05) is 26.3 Å². The van der Waals surface area contributed by atoms with Gasteiger partial charge in [0.15, 0.2) is 0 Å². The molecular formula is C4H11CoNO2. The van der Waals surface area contributed by atoms with Crippen LogP contribution in [0.2, 0.25) is 0 Å². The first kappa shape index (κ1) is 11.2. The number of hydrogen-bond donors (Lipinski definition) is 3. The summed E-state index contributed by atoms with van der Waals surface area (Å²) in [6, 6.07) is 0. The van der Waals surface area contributed by atoms with E-state index in [1.807, 2.05) is 0 Å². The molecule has 8 heavy (non-hydrogen) atoms. The maximum absolute atomic E-state index is 8.15. The summed E-state index contributed by atoms with van der Waals surface area (Å²) in [6.45, 7) is 1.42. The second-order valence-electron chi connectivity index (χ2n) is 1.20. The van der Waals surface area contributed by atoms with E-state index in [-0.39, 0.29) is 30.0 Å². The standard InChI is InChI=1S/C4H11NO2.Co/c6-3-1-5-2-4-7;/h5-7H,1-4H2;. The molecule has 0 aromatic rings.